The number of halogens is 2. The van der Waals surface area contributed by atoms with E-state index in [-0.39, 0.29) is 27.6 Å². The van der Waals surface area contributed by atoms with Crippen LogP contribution >= 0.6 is 0 Å². The first kappa shape index (κ1) is 21.3. The Bertz CT molecular complexity index is 1420. The molecule has 0 unspecified atom stereocenters. The van der Waals surface area contributed by atoms with Crippen molar-refractivity contribution in [3.63, 3.8) is 0 Å². The highest BCUT2D eigenvalue weighted by Crippen LogP contribution is 2.25. The Hall–Kier alpha value is -3.91. The Morgan fingerprint density at radius 2 is 1.88 bits per heavy atom. The molecule has 8 heteroatoms. The van der Waals surface area contributed by atoms with E-state index in [2.05, 4.69) is 10.3 Å². The summed E-state index contributed by atoms with van der Waals surface area (Å²) in [7, 11) is 0. The summed E-state index contributed by atoms with van der Waals surface area (Å²) in [6.07, 6.45) is 1.51. The van der Waals surface area contributed by atoms with Crippen LogP contribution in [0.15, 0.2) is 65.7 Å². The number of nitrogens with zero attached hydrogens (tertiary/aromatic N) is 2. The number of aliphatic hydroxyl groups is 1. The highest BCUT2D eigenvalue weighted by Gasteiger charge is 2.24. The second-order valence-electron chi connectivity index (χ2n) is 7.36. The van der Waals surface area contributed by atoms with Crippen LogP contribution in [0.25, 0.3) is 16.5 Å². The number of aryl methyl sites for hydroxylation is 1. The molecule has 0 bridgehead atoms. The third kappa shape index (κ3) is 3.65. The predicted molar refractivity (Wildman–Crippen MR) is 116 cm³/mol. The molecule has 0 aliphatic rings. The molecule has 162 valence electrons. The molecule has 2 N–H and O–H groups in total. The fraction of sp³-hybridized carbons (Fsp3) is 0.125. The summed E-state index contributed by atoms with van der Waals surface area (Å²) >= 11 is 0. The molecular weight excluding hydrogens is 416 g/mol. The van der Waals surface area contributed by atoms with Gasteiger partial charge in [0.25, 0.3) is 11.5 Å². The smallest absolute Gasteiger partial charge is 0.266 e. The van der Waals surface area contributed by atoms with Gasteiger partial charge in [-0.25, -0.2) is 8.78 Å². The zero-order chi connectivity index (χ0) is 23.0. The number of aromatic nitrogens is 2. The molecule has 0 fully saturated rings. The summed E-state index contributed by atoms with van der Waals surface area (Å²) < 4.78 is 29.5. The normalized spacial score (nSPS) is 12.0. The van der Waals surface area contributed by atoms with E-state index in [4.69, 9.17) is 0 Å². The van der Waals surface area contributed by atoms with Crippen LogP contribution < -0.4 is 10.9 Å². The number of fused-ring (bicyclic) bond motifs is 1. The molecule has 2 heterocycles. The maximum Gasteiger partial charge on any atom is 0.266 e. The number of hydrogen-bond acceptors (Lipinski definition) is 4. The average molecular weight is 435 g/mol. The fourth-order valence-corrected chi connectivity index (χ4v) is 3.74. The highest BCUT2D eigenvalue weighted by atomic mass is 19.1. The van der Waals surface area contributed by atoms with Crippen molar-refractivity contribution in [2.75, 3.05) is 0 Å². The maximum absolute atomic E-state index is 14.7. The van der Waals surface area contributed by atoms with Crippen LogP contribution in [0.2, 0.25) is 0 Å². The molecule has 0 spiro atoms. The number of aliphatic hydroxyl groups excluding tert-OH is 1. The number of hydrogen-bond donors (Lipinski definition) is 2. The SMILES string of the molecule is Cc1ccncc1-n1c(C)c(C(=O)N[C@@H](O)c2cccc(F)c2)c2cccc(F)c2c1=O. The first-order chi connectivity index (χ1) is 15.3. The molecule has 1 amide bonds. The van der Waals surface area contributed by atoms with Crippen molar-refractivity contribution in [2.24, 2.45) is 0 Å². The van der Waals surface area contributed by atoms with E-state index >= 15 is 0 Å². The molecule has 4 rings (SSSR count). The van der Waals surface area contributed by atoms with Crippen LogP contribution in [-0.4, -0.2) is 20.6 Å². The van der Waals surface area contributed by atoms with Crippen LogP contribution in [0.1, 0.15) is 33.4 Å². The molecule has 0 aliphatic heterocycles. The van der Waals surface area contributed by atoms with Gasteiger partial charge in [0.1, 0.15) is 11.6 Å². The second kappa shape index (κ2) is 8.32. The highest BCUT2D eigenvalue weighted by molar-refractivity contribution is 6.08. The minimum absolute atomic E-state index is 0.0119. The van der Waals surface area contributed by atoms with Crippen molar-refractivity contribution in [3.8, 4) is 5.69 Å². The van der Waals surface area contributed by atoms with Crippen molar-refractivity contribution >= 4 is 16.7 Å². The van der Waals surface area contributed by atoms with Gasteiger partial charge in [0.15, 0.2) is 6.23 Å². The Labute approximate surface area is 181 Å². The van der Waals surface area contributed by atoms with Crippen LogP contribution in [0.3, 0.4) is 0 Å². The standard InChI is InChI=1S/C24H19F2N3O3/c1-13-9-10-27-12-19(13)29-14(2)20(17-7-4-8-18(26)21(17)24(29)32)23(31)28-22(30)15-5-3-6-16(25)11-15/h3-12,22,30H,1-2H3,(H,28,31)/t22-/m0/s1. The zero-order valence-electron chi connectivity index (χ0n) is 17.3. The predicted octanol–water partition coefficient (Wildman–Crippen LogP) is 3.70. The lowest BCUT2D eigenvalue weighted by Crippen LogP contribution is -2.32. The molecule has 0 aliphatic carbocycles. The molecule has 0 radical (unpaired) electrons. The maximum atomic E-state index is 14.7. The van der Waals surface area contributed by atoms with Gasteiger partial charge < -0.3 is 10.4 Å². The number of benzene rings is 2. The lowest BCUT2D eigenvalue weighted by atomic mass is 10.0. The lowest BCUT2D eigenvalue weighted by molar-refractivity contribution is 0.0783. The quantitative estimate of drug-likeness (QED) is 0.479. The van der Waals surface area contributed by atoms with E-state index in [0.717, 1.165) is 12.1 Å². The first-order valence-corrected chi connectivity index (χ1v) is 9.79. The zero-order valence-corrected chi connectivity index (χ0v) is 17.3. The van der Waals surface area contributed by atoms with E-state index in [1.165, 1.54) is 41.1 Å². The largest absolute Gasteiger partial charge is 0.369 e. The van der Waals surface area contributed by atoms with Gasteiger partial charge in [-0.1, -0.05) is 24.3 Å². The summed E-state index contributed by atoms with van der Waals surface area (Å²) in [5, 5.41) is 12.7. The third-order valence-corrected chi connectivity index (χ3v) is 5.31. The second-order valence-corrected chi connectivity index (χ2v) is 7.36. The molecular formula is C24H19F2N3O3. The summed E-state index contributed by atoms with van der Waals surface area (Å²) in [5.74, 6) is -2.09. The van der Waals surface area contributed by atoms with E-state index in [0.29, 0.717) is 11.3 Å². The summed E-state index contributed by atoms with van der Waals surface area (Å²) in [5.41, 5.74) is 0.870. The summed E-state index contributed by atoms with van der Waals surface area (Å²) in [6, 6.07) is 10.9. The van der Waals surface area contributed by atoms with Gasteiger partial charge in [-0.15, -0.1) is 0 Å². The number of nitrogens with one attached hydrogen (secondary N) is 1. The molecule has 2 aromatic heterocycles. The Morgan fingerprint density at radius 1 is 1.12 bits per heavy atom. The molecule has 6 nitrogen and oxygen atoms in total. The molecule has 0 saturated heterocycles. The monoisotopic (exact) mass is 435 g/mol. The molecule has 4 aromatic rings. The van der Waals surface area contributed by atoms with Gasteiger partial charge in [0.2, 0.25) is 0 Å². The van der Waals surface area contributed by atoms with E-state index in [1.807, 2.05) is 0 Å². The van der Waals surface area contributed by atoms with Gasteiger partial charge in [0.05, 0.1) is 22.8 Å². The van der Waals surface area contributed by atoms with E-state index in [9.17, 15) is 23.5 Å². The van der Waals surface area contributed by atoms with E-state index in [1.54, 1.807) is 26.1 Å². The van der Waals surface area contributed by atoms with Gasteiger partial charge in [-0.05, 0) is 43.7 Å². The van der Waals surface area contributed by atoms with Crippen molar-refractivity contribution < 1.29 is 18.7 Å². The van der Waals surface area contributed by atoms with E-state index < -0.39 is 29.3 Å². The third-order valence-electron chi connectivity index (χ3n) is 5.31. The number of pyridine rings is 2. The van der Waals surface area contributed by atoms with Crippen LogP contribution in [0.5, 0.6) is 0 Å². The van der Waals surface area contributed by atoms with Gasteiger partial charge in [0, 0.05) is 22.8 Å². The average Bonchev–Trinajstić information content (AvgIpc) is 2.75. The molecule has 2 aromatic carbocycles. The van der Waals surface area contributed by atoms with Gasteiger partial charge in [-0.2, -0.15) is 0 Å². The van der Waals surface area contributed by atoms with Crippen LogP contribution in [0, 0.1) is 25.5 Å². The van der Waals surface area contributed by atoms with Crippen molar-refractivity contribution in [1.29, 1.82) is 0 Å². The lowest BCUT2D eigenvalue weighted by Gasteiger charge is -2.20. The number of rotatable bonds is 4. The minimum atomic E-state index is -1.51. The molecule has 32 heavy (non-hydrogen) atoms. The Balaban J connectivity index is 1.93. The topological polar surface area (TPSA) is 84.2 Å². The molecule has 0 saturated carbocycles. The Kier molecular flexibility index (Phi) is 5.54. The van der Waals surface area contributed by atoms with Crippen molar-refractivity contribution in [3.05, 3.63) is 105 Å². The molecule has 1 atom stereocenters. The minimum Gasteiger partial charge on any atom is -0.369 e. The number of carbonyl (C=O) groups is 1. The summed E-state index contributed by atoms with van der Waals surface area (Å²) in [6.45, 7) is 3.32. The number of carbonyl (C=O) groups excluding carboxylic acids is 1. The number of amides is 1. The fourth-order valence-electron chi connectivity index (χ4n) is 3.74. The first-order valence-electron chi connectivity index (χ1n) is 9.79. The van der Waals surface area contributed by atoms with Crippen molar-refractivity contribution in [1.82, 2.24) is 14.9 Å². The van der Waals surface area contributed by atoms with Crippen LogP contribution in [0.4, 0.5) is 8.78 Å². The van der Waals surface area contributed by atoms with Crippen LogP contribution in [-0.2, 0) is 0 Å². The Morgan fingerprint density at radius 3 is 2.59 bits per heavy atom. The van der Waals surface area contributed by atoms with Crippen molar-refractivity contribution in [2.45, 2.75) is 20.1 Å². The van der Waals surface area contributed by atoms with Gasteiger partial charge >= 0.3 is 0 Å². The summed E-state index contributed by atoms with van der Waals surface area (Å²) in [4.78, 5) is 30.5. The van der Waals surface area contributed by atoms with Gasteiger partial charge in [-0.3, -0.25) is 19.1 Å².